The number of ether oxygens (including phenoxy) is 1. The second-order valence-corrected chi connectivity index (χ2v) is 6.79. The normalized spacial score (nSPS) is 28.6. The molecule has 1 fully saturated rings. The van der Waals surface area contributed by atoms with E-state index in [2.05, 4.69) is 32.6 Å². The van der Waals surface area contributed by atoms with Crippen LogP contribution < -0.4 is 5.73 Å². The molecule has 1 rings (SSSR count). The zero-order chi connectivity index (χ0) is 14.5. The molecule has 1 aliphatic carbocycles. The van der Waals surface area contributed by atoms with E-state index in [0.29, 0.717) is 6.04 Å². The lowest BCUT2D eigenvalue weighted by Gasteiger charge is -2.50. The van der Waals surface area contributed by atoms with Crippen LogP contribution in [-0.2, 0) is 4.74 Å². The van der Waals surface area contributed by atoms with Crippen LogP contribution in [0.2, 0.25) is 0 Å². The van der Waals surface area contributed by atoms with E-state index < -0.39 is 0 Å². The molecule has 0 amide bonds. The fraction of sp³-hybridized carbons (Fsp3) is 1.00. The zero-order valence-corrected chi connectivity index (χ0v) is 13.6. The number of methoxy groups -OCH3 is 1. The Labute approximate surface area is 119 Å². The molecule has 114 valence electrons. The van der Waals surface area contributed by atoms with Gasteiger partial charge in [-0.2, -0.15) is 0 Å². The molecule has 0 aliphatic heterocycles. The standard InChI is InChI=1S/C16H34N2O/c1-13(2)15-6-8-16(12-17,9-7-15)18(14(3)4)10-11-19-5/h13-15H,6-12,17H2,1-5H3. The topological polar surface area (TPSA) is 38.5 Å². The van der Waals surface area contributed by atoms with E-state index in [1.165, 1.54) is 25.7 Å². The average molecular weight is 270 g/mol. The highest BCUT2D eigenvalue weighted by molar-refractivity contribution is 4.97. The van der Waals surface area contributed by atoms with Crippen LogP contribution in [0.4, 0.5) is 0 Å². The first-order valence-corrected chi connectivity index (χ1v) is 7.92. The minimum atomic E-state index is 0.206. The van der Waals surface area contributed by atoms with E-state index in [4.69, 9.17) is 10.5 Å². The predicted octanol–water partition coefficient (Wildman–Crippen LogP) is 2.89. The first-order chi connectivity index (χ1) is 8.96. The molecular weight excluding hydrogens is 236 g/mol. The number of hydrogen-bond acceptors (Lipinski definition) is 3. The lowest BCUT2D eigenvalue weighted by atomic mass is 9.71. The summed E-state index contributed by atoms with van der Waals surface area (Å²) in [5, 5.41) is 0. The van der Waals surface area contributed by atoms with Crippen LogP contribution in [0, 0.1) is 11.8 Å². The minimum absolute atomic E-state index is 0.206. The van der Waals surface area contributed by atoms with Gasteiger partial charge in [0, 0.05) is 31.8 Å². The van der Waals surface area contributed by atoms with Crippen molar-refractivity contribution < 1.29 is 4.74 Å². The van der Waals surface area contributed by atoms with Crippen LogP contribution in [0.3, 0.4) is 0 Å². The molecule has 19 heavy (non-hydrogen) atoms. The number of hydrogen-bond donors (Lipinski definition) is 1. The van der Waals surface area contributed by atoms with E-state index >= 15 is 0 Å². The molecule has 1 saturated carbocycles. The Morgan fingerprint density at radius 2 is 1.79 bits per heavy atom. The van der Waals surface area contributed by atoms with Gasteiger partial charge in [-0.3, -0.25) is 4.90 Å². The molecule has 2 N–H and O–H groups in total. The van der Waals surface area contributed by atoms with Gasteiger partial charge in [0.05, 0.1) is 6.61 Å². The maximum Gasteiger partial charge on any atom is 0.0590 e. The highest BCUT2D eigenvalue weighted by Gasteiger charge is 2.40. The highest BCUT2D eigenvalue weighted by atomic mass is 16.5. The van der Waals surface area contributed by atoms with Gasteiger partial charge in [0.1, 0.15) is 0 Å². The van der Waals surface area contributed by atoms with Crippen molar-refractivity contribution in [2.45, 2.75) is 65.0 Å². The van der Waals surface area contributed by atoms with Gasteiger partial charge in [0.25, 0.3) is 0 Å². The van der Waals surface area contributed by atoms with Crippen LogP contribution >= 0.6 is 0 Å². The summed E-state index contributed by atoms with van der Waals surface area (Å²) in [7, 11) is 1.78. The van der Waals surface area contributed by atoms with E-state index in [1.807, 2.05) is 0 Å². The van der Waals surface area contributed by atoms with Crippen LogP contribution in [0.25, 0.3) is 0 Å². The third-order valence-electron chi connectivity index (χ3n) is 5.05. The Balaban J connectivity index is 2.73. The fourth-order valence-electron chi connectivity index (χ4n) is 3.69. The summed E-state index contributed by atoms with van der Waals surface area (Å²) in [5.41, 5.74) is 6.39. The molecule has 0 bridgehead atoms. The van der Waals surface area contributed by atoms with Crippen LogP contribution in [-0.4, -0.2) is 43.3 Å². The summed E-state index contributed by atoms with van der Waals surface area (Å²) in [6.45, 7) is 11.8. The summed E-state index contributed by atoms with van der Waals surface area (Å²) in [6, 6.07) is 0.536. The van der Waals surface area contributed by atoms with Crippen molar-refractivity contribution in [1.29, 1.82) is 0 Å². The van der Waals surface area contributed by atoms with E-state index in [0.717, 1.165) is 31.5 Å². The van der Waals surface area contributed by atoms with Crippen molar-refractivity contribution in [2.24, 2.45) is 17.6 Å². The van der Waals surface area contributed by atoms with Crippen LogP contribution in [0.15, 0.2) is 0 Å². The Hall–Kier alpha value is -0.120. The van der Waals surface area contributed by atoms with Gasteiger partial charge in [-0.05, 0) is 51.4 Å². The van der Waals surface area contributed by atoms with E-state index in [-0.39, 0.29) is 5.54 Å². The number of rotatable bonds is 7. The molecule has 0 aromatic heterocycles. The maximum absolute atomic E-state index is 6.19. The Kier molecular flexibility index (Phi) is 6.78. The SMILES string of the molecule is COCCN(C(C)C)C1(CN)CCC(C(C)C)CC1. The highest BCUT2D eigenvalue weighted by Crippen LogP contribution is 2.39. The van der Waals surface area contributed by atoms with Gasteiger partial charge in [0.15, 0.2) is 0 Å². The summed E-state index contributed by atoms with van der Waals surface area (Å²) in [6.07, 6.45) is 5.14. The first kappa shape index (κ1) is 16.9. The first-order valence-electron chi connectivity index (χ1n) is 7.92. The Morgan fingerprint density at radius 1 is 1.21 bits per heavy atom. The molecule has 0 spiro atoms. The van der Waals surface area contributed by atoms with Crippen molar-refractivity contribution >= 4 is 0 Å². The van der Waals surface area contributed by atoms with Crippen molar-refractivity contribution in [2.75, 3.05) is 26.8 Å². The van der Waals surface area contributed by atoms with Gasteiger partial charge >= 0.3 is 0 Å². The third-order valence-corrected chi connectivity index (χ3v) is 5.05. The summed E-state index contributed by atoms with van der Waals surface area (Å²) < 4.78 is 5.28. The smallest absolute Gasteiger partial charge is 0.0590 e. The van der Waals surface area contributed by atoms with Crippen molar-refractivity contribution in [1.82, 2.24) is 4.90 Å². The monoisotopic (exact) mass is 270 g/mol. The maximum atomic E-state index is 6.19. The van der Waals surface area contributed by atoms with E-state index in [1.54, 1.807) is 7.11 Å². The molecule has 0 saturated heterocycles. The van der Waals surface area contributed by atoms with Gasteiger partial charge < -0.3 is 10.5 Å². The predicted molar refractivity (Wildman–Crippen MR) is 82.3 cm³/mol. The Morgan fingerprint density at radius 3 is 2.16 bits per heavy atom. The van der Waals surface area contributed by atoms with Crippen molar-refractivity contribution in [3.05, 3.63) is 0 Å². The molecule has 0 heterocycles. The molecule has 0 radical (unpaired) electrons. The van der Waals surface area contributed by atoms with Crippen molar-refractivity contribution in [3.63, 3.8) is 0 Å². The fourth-order valence-corrected chi connectivity index (χ4v) is 3.69. The molecule has 0 unspecified atom stereocenters. The third kappa shape index (κ3) is 4.17. The molecule has 3 nitrogen and oxygen atoms in total. The molecule has 3 heteroatoms. The van der Waals surface area contributed by atoms with Crippen molar-refractivity contribution in [3.8, 4) is 0 Å². The summed E-state index contributed by atoms with van der Waals surface area (Å²) in [5.74, 6) is 1.69. The lowest BCUT2D eigenvalue weighted by Crippen LogP contribution is -2.59. The van der Waals surface area contributed by atoms with E-state index in [9.17, 15) is 0 Å². The quantitative estimate of drug-likeness (QED) is 0.773. The van der Waals surface area contributed by atoms with Crippen LogP contribution in [0.5, 0.6) is 0 Å². The second kappa shape index (κ2) is 7.61. The molecular formula is C16H34N2O. The number of nitrogens with two attached hydrogens (primary N) is 1. The molecule has 0 aromatic rings. The molecule has 0 atom stereocenters. The van der Waals surface area contributed by atoms with Gasteiger partial charge in [-0.15, -0.1) is 0 Å². The zero-order valence-electron chi connectivity index (χ0n) is 13.6. The van der Waals surface area contributed by atoms with Gasteiger partial charge in [0.2, 0.25) is 0 Å². The minimum Gasteiger partial charge on any atom is -0.383 e. The number of nitrogens with zero attached hydrogens (tertiary/aromatic N) is 1. The average Bonchev–Trinajstić information content (AvgIpc) is 2.39. The lowest BCUT2D eigenvalue weighted by molar-refractivity contribution is -0.00387. The van der Waals surface area contributed by atoms with Crippen LogP contribution in [0.1, 0.15) is 53.4 Å². The molecule has 1 aliphatic rings. The summed E-state index contributed by atoms with van der Waals surface area (Å²) in [4.78, 5) is 2.59. The summed E-state index contributed by atoms with van der Waals surface area (Å²) >= 11 is 0. The van der Waals surface area contributed by atoms with Gasteiger partial charge in [-0.25, -0.2) is 0 Å². The Bertz CT molecular complexity index is 245. The molecule has 0 aromatic carbocycles. The van der Waals surface area contributed by atoms with Gasteiger partial charge in [-0.1, -0.05) is 13.8 Å². The largest absolute Gasteiger partial charge is 0.383 e. The second-order valence-electron chi connectivity index (χ2n) is 6.79.